The van der Waals surface area contributed by atoms with Crippen molar-refractivity contribution in [2.45, 2.75) is 16.6 Å². The lowest BCUT2D eigenvalue weighted by molar-refractivity contribution is -0.140. The van der Waals surface area contributed by atoms with Crippen molar-refractivity contribution in [3.05, 3.63) is 54.1 Å². The van der Waals surface area contributed by atoms with Gasteiger partial charge in [0.1, 0.15) is 5.75 Å². The fourth-order valence-corrected chi connectivity index (χ4v) is 4.85. The zero-order valence-corrected chi connectivity index (χ0v) is 17.7. The molecule has 1 aliphatic rings. The van der Waals surface area contributed by atoms with Gasteiger partial charge < -0.3 is 19.6 Å². The van der Waals surface area contributed by atoms with Crippen LogP contribution >= 0.6 is 11.8 Å². The molecule has 2 aromatic carbocycles. The number of amides is 1. The number of ether oxygens (including phenoxy) is 1. The molecule has 3 rings (SSSR count). The quantitative estimate of drug-likeness (QED) is 0.748. The van der Waals surface area contributed by atoms with Gasteiger partial charge in [-0.05, 0) is 43.9 Å². The van der Waals surface area contributed by atoms with Crippen LogP contribution in [0.25, 0.3) is 0 Å². The largest absolute Gasteiger partial charge is 0.497 e. The van der Waals surface area contributed by atoms with E-state index in [-0.39, 0.29) is 17.6 Å². The molecule has 0 bridgehead atoms. The lowest BCUT2D eigenvalue weighted by Gasteiger charge is -2.28. The lowest BCUT2D eigenvalue weighted by Crippen LogP contribution is -2.41. The van der Waals surface area contributed by atoms with Crippen LogP contribution in [-0.2, 0) is 9.59 Å². The Balaban J connectivity index is 2.06. The van der Waals surface area contributed by atoms with Gasteiger partial charge in [-0.3, -0.25) is 9.59 Å². The van der Waals surface area contributed by atoms with Crippen LogP contribution < -0.4 is 9.64 Å². The van der Waals surface area contributed by atoms with E-state index in [4.69, 9.17) is 4.74 Å². The van der Waals surface area contributed by atoms with Crippen LogP contribution in [0.5, 0.6) is 5.75 Å². The molecule has 154 valence electrons. The molecule has 2 aromatic rings. The number of anilines is 1. The van der Waals surface area contributed by atoms with Crippen molar-refractivity contribution in [1.82, 2.24) is 4.90 Å². The Morgan fingerprint density at radius 2 is 1.86 bits per heavy atom. The third-order valence-electron chi connectivity index (χ3n) is 4.97. The highest BCUT2D eigenvalue weighted by Gasteiger charge is 2.39. The molecule has 0 fully saturated rings. The molecule has 1 N–H and O–H groups in total. The summed E-state index contributed by atoms with van der Waals surface area (Å²) in [5.41, 5.74) is 1.76. The number of likely N-dealkylation sites (N-methyl/N-ethyl adjacent to an activating group) is 1. The van der Waals surface area contributed by atoms with Crippen LogP contribution in [-0.4, -0.2) is 56.2 Å². The molecule has 6 nitrogen and oxygen atoms in total. The van der Waals surface area contributed by atoms with Crippen LogP contribution in [0.2, 0.25) is 0 Å². The van der Waals surface area contributed by atoms with Gasteiger partial charge in [0.25, 0.3) is 0 Å². The average Bonchev–Trinajstić information content (AvgIpc) is 2.81. The number of thioether (sulfide) groups is 1. The Bertz CT molecular complexity index is 869. The van der Waals surface area contributed by atoms with Crippen molar-refractivity contribution in [3.8, 4) is 5.75 Å². The number of methoxy groups -OCH3 is 1. The molecule has 0 aliphatic carbocycles. The fourth-order valence-electron chi connectivity index (χ4n) is 3.45. The van der Waals surface area contributed by atoms with Gasteiger partial charge in [-0.1, -0.05) is 24.3 Å². The van der Waals surface area contributed by atoms with Gasteiger partial charge in [0.05, 0.1) is 25.1 Å². The van der Waals surface area contributed by atoms with E-state index in [2.05, 4.69) is 0 Å². The highest BCUT2D eigenvalue weighted by molar-refractivity contribution is 7.99. The number of rotatable bonds is 7. The number of fused-ring (bicyclic) bond motifs is 1. The number of para-hydroxylation sites is 1. The molecule has 7 heteroatoms. The molecule has 1 amide bonds. The maximum atomic E-state index is 13.6. The second-order valence-electron chi connectivity index (χ2n) is 7.28. The van der Waals surface area contributed by atoms with Crippen LogP contribution in [0, 0.1) is 5.92 Å². The normalized spacial score (nSPS) is 19.0. The standard InChI is InChI=1S/C22H26N2O4S/c1-23(2)12-13-24-18-6-4-5-7-19(18)29-21(17(22(24)27)14-20(25)26)15-8-10-16(28-3)11-9-15/h4-11,17,21H,12-14H2,1-3H3,(H,25,26)/t17-,21-/m0/s1. The molecule has 0 aromatic heterocycles. The van der Waals surface area contributed by atoms with Crippen LogP contribution in [0.4, 0.5) is 5.69 Å². The van der Waals surface area contributed by atoms with E-state index in [1.165, 1.54) is 0 Å². The van der Waals surface area contributed by atoms with Gasteiger partial charge in [0.2, 0.25) is 5.91 Å². The summed E-state index contributed by atoms with van der Waals surface area (Å²) >= 11 is 1.56. The summed E-state index contributed by atoms with van der Waals surface area (Å²) in [4.78, 5) is 30.0. The number of hydrogen-bond acceptors (Lipinski definition) is 5. The molecular formula is C22H26N2O4S. The number of carbonyl (C=O) groups is 2. The van der Waals surface area contributed by atoms with E-state index < -0.39 is 11.9 Å². The maximum Gasteiger partial charge on any atom is 0.304 e. The average molecular weight is 415 g/mol. The molecule has 1 aliphatic heterocycles. The van der Waals surface area contributed by atoms with E-state index >= 15 is 0 Å². The SMILES string of the molecule is COc1ccc([C@@H]2Sc3ccccc3N(CCN(C)C)C(=O)[C@H]2CC(=O)O)cc1. The molecular weight excluding hydrogens is 388 g/mol. The van der Waals surface area contributed by atoms with Crippen LogP contribution in [0.3, 0.4) is 0 Å². The van der Waals surface area contributed by atoms with Gasteiger partial charge in [-0.25, -0.2) is 0 Å². The van der Waals surface area contributed by atoms with Crippen molar-refractivity contribution < 1.29 is 19.4 Å². The number of aliphatic carboxylic acids is 1. The summed E-state index contributed by atoms with van der Waals surface area (Å²) < 4.78 is 5.24. The van der Waals surface area contributed by atoms with Gasteiger partial charge in [-0.15, -0.1) is 11.8 Å². The van der Waals surface area contributed by atoms with Gasteiger partial charge in [-0.2, -0.15) is 0 Å². The first-order valence-electron chi connectivity index (χ1n) is 9.48. The molecule has 2 atom stereocenters. The van der Waals surface area contributed by atoms with Crippen molar-refractivity contribution in [1.29, 1.82) is 0 Å². The molecule has 1 heterocycles. The summed E-state index contributed by atoms with van der Waals surface area (Å²) in [6.45, 7) is 1.20. The zero-order valence-electron chi connectivity index (χ0n) is 16.9. The minimum Gasteiger partial charge on any atom is -0.497 e. The Labute approximate surface area is 175 Å². The van der Waals surface area contributed by atoms with E-state index in [9.17, 15) is 14.7 Å². The molecule has 0 unspecified atom stereocenters. The van der Waals surface area contributed by atoms with Crippen LogP contribution in [0.15, 0.2) is 53.4 Å². The Hall–Kier alpha value is -2.51. The summed E-state index contributed by atoms with van der Waals surface area (Å²) in [6, 6.07) is 15.3. The molecule has 29 heavy (non-hydrogen) atoms. The molecule has 0 saturated heterocycles. The first-order valence-corrected chi connectivity index (χ1v) is 10.4. The van der Waals surface area contributed by atoms with Crippen molar-refractivity contribution in [2.24, 2.45) is 5.92 Å². The molecule has 0 saturated carbocycles. The van der Waals surface area contributed by atoms with Crippen molar-refractivity contribution >= 4 is 29.3 Å². The second kappa shape index (κ2) is 9.33. The Morgan fingerprint density at radius 1 is 1.17 bits per heavy atom. The molecule has 0 spiro atoms. The lowest BCUT2D eigenvalue weighted by atomic mass is 9.93. The van der Waals surface area contributed by atoms with E-state index in [1.54, 1.807) is 23.8 Å². The number of carboxylic acid groups (broad SMARTS) is 1. The van der Waals surface area contributed by atoms with Gasteiger partial charge in [0.15, 0.2) is 0 Å². The predicted octanol–water partition coefficient (Wildman–Crippen LogP) is 3.53. The minimum absolute atomic E-state index is 0.146. The third kappa shape index (κ3) is 4.92. The highest BCUT2D eigenvalue weighted by atomic mass is 32.2. The van der Waals surface area contributed by atoms with Crippen molar-refractivity contribution in [2.75, 3.05) is 39.2 Å². The number of nitrogens with zero attached hydrogens (tertiary/aromatic N) is 2. The van der Waals surface area contributed by atoms with E-state index in [1.807, 2.05) is 67.5 Å². The number of hydrogen-bond donors (Lipinski definition) is 1. The predicted molar refractivity (Wildman–Crippen MR) is 115 cm³/mol. The molecule has 0 radical (unpaired) electrons. The number of benzene rings is 2. The summed E-state index contributed by atoms with van der Waals surface area (Å²) in [6.07, 6.45) is -0.213. The summed E-state index contributed by atoms with van der Waals surface area (Å²) in [5, 5.41) is 9.24. The Morgan fingerprint density at radius 3 is 2.48 bits per heavy atom. The summed E-state index contributed by atoms with van der Waals surface area (Å²) in [7, 11) is 5.51. The first kappa shape index (κ1) is 21.2. The summed E-state index contributed by atoms with van der Waals surface area (Å²) in [5.74, 6) is -1.06. The monoisotopic (exact) mass is 414 g/mol. The number of carboxylic acids is 1. The smallest absolute Gasteiger partial charge is 0.304 e. The van der Waals surface area contributed by atoms with Gasteiger partial charge >= 0.3 is 5.97 Å². The third-order valence-corrected chi connectivity index (χ3v) is 6.42. The van der Waals surface area contributed by atoms with Crippen molar-refractivity contribution in [3.63, 3.8) is 0 Å². The highest BCUT2D eigenvalue weighted by Crippen LogP contribution is 2.49. The second-order valence-corrected chi connectivity index (χ2v) is 8.46. The van der Waals surface area contributed by atoms with Crippen LogP contribution in [0.1, 0.15) is 17.2 Å². The van der Waals surface area contributed by atoms with E-state index in [0.717, 1.165) is 21.9 Å². The minimum atomic E-state index is -0.971. The topological polar surface area (TPSA) is 70.1 Å². The first-order chi connectivity index (χ1) is 13.9. The number of carbonyl (C=O) groups excluding carboxylic acids is 1. The zero-order chi connectivity index (χ0) is 21.0. The fraction of sp³-hybridized carbons (Fsp3) is 0.364. The van der Waals surface area contributed by atoms with E-state index in [0.29, 0.717) is 13.1 Å². The van der Waals surface area contributed by atoms with Gasteiger partial charge in [0, 0.05) is 23.2 Å². The Kier molecular flexibility index (Phi) is 6.82. The maximum absolute atomic E-state index is 13.6.